The number of methoxy groups -OCH3 is 1. The Morgan fingerprint density at radius 1 is 1.11 bits per heavy atom. The molecular formula is C25H32BrN3O5S. The number of nitrogens with zero attached hydrogens (tertiary/aromatic N) is 2. The number of hydrogen-bond acceptors (Lipinski definition) is 5. The highest BCUT2D eigenvalue weighted by atomic mass is 79.9. The molecule has 1 atom stereocenters. The van der Waals surface area contributed by atoms with Gasteiger partial charge in [-0.2, -0.15) is 0 Å². The first-order chi connectivity index (χ1) is 16.6. The highest BCUT2D eigenvalue weighted by Crippen LogP contribution is 2.29. The number of anilines is 1. The minimum Gasteiger partial charge on any atom is -0.495 e. The van der Waals surface area contributed by atoms with Crippen molar-refractivity contribution in [3.63, 3.8) is 0 Å². The summed E-state index contributed by atoms with van der Waals surface area (Å²) in [5.41, 5.74) is 1.09. The molecule has 3 rings (SSSR count). The molecular weight excluding hydrogens is 534 g/mol. The fraction of sp³-hybridized carbons (Fsp3) is 0.440. The van der Waals surface area contributed by atoms with Crippen LogP contribution in [0.25, 0.3) is 0 Å². The number of para-hydroxylation sites is 2. The van der Waals surface area contributed by atoms with Gasteiger partial charge in [0.1, 0.15) is 18.3 Å². The van der Waals surface area contributed by atoms with Gasteiger partial charge in [-0.15, -0.1) is 0 Å². The Labute approximate surface area is 215 Å². The van der Waals surface area contributed by atoms with Crippen LogP contribution in [0, 0.1) is 0 Å². The zero-order valence-electron chi connectivity index (χ0n) is 20.2. The zero-order chi connectivity index (χ0) is 25.6. The second-order valence-electron chi connectivity index (χ2n) is 8.76. The molecule has 1 unspecified atom stereocenters. The highest BCUT2D eigenvalue weighted by molar-refractivity contribution is 9.10. The summed E-state index contributed by atoms with van der Waals surface area (Å²) >= 11 is 3.41. The lowest BCUT2D eigenvalue weighted by Gasteiger charge is -2.32. The number of sulfonamides is 1. The van der Waals surface area contributed by atoms with Gasteiger partial charge in [-0.05, 0) is 49.6 Å². The van der Waals surface area contributed by atoms with E-state index in [0.29, 0.717) is 5.75 Å². The third kappa shape index (κ3) is 7.20. The molecule has 0 aromatic heterocycles. The second-order valence-corrected chi connectivity index (χ2v) is 11.6. The van der Waals surface area contributed by atoms with E-state index in [2.05, 4.69) is 21.2 Å². The molecule has 0 heterocycles. The van der Waals surface area contributed by atoms with Gasteiger partial charge in [0.15, 0.2) is 0 Å². The molecule has 1 fully saturated rings. The molecule has 1 saturated carbocycles. The standard InChI is InChI=1S/C25H32BrN3O5S/c1-18(25(31)27-21-8-4-5-9-21)28(16-19-12-14-20(26)15-13-19)24(30)17-29(35(3,32)33)22-10-6-7-11-23(22)34-2/h6-7,10-15,18,21H,4-5,8-9,16-17H2,1-3H3,(H,27,31). The van der Waals surface area contributed by atoms with Crippen molar-refractivity contribution in [1.29, 1.82) is 0 Å². The number of rotatable bonds is 10. The van der Waals surface area contributed by atoms with Gasteiger partial charge in [-0.25, -0.2) is 8.42 Å². The summed E-state index contributed by atoms with van der Waals surface area (Å²) in [6, 6.07) is 13.4. The summed E-state index contributed by atoms with van der Waals surface area (Å²) in [5, 5.41) is 3.05. The van der Waals surface area contributed by atoms with Crippen molar-refractivity contribution in [1.82, 2.24) is 10.2 Å². The first kappa shape index (κ1) is 27.0. The first-order valence-electron chi connectivity index (χ1n) is 11.5. The molecule has 35 heavy (non-hydrogen) atoms. The minimum atomic E-state index is -3.82. The maximum absolute atomic E-state index is 13.6. The van der Waals surface area contributed by atoms with Crippen molar-refractivity contribution in [2.24, 2.45) is 0 Å². The monoisotopic (exact) mass is 565 g/mol. The van der Waals surface area contributed by atoms with E-state index < -0.39 is 28.5 Å². The molecule has 0 bridgehead atoms. The van der Waals surface area contributed by atoms with E-state index in [9.17, 15) is 18.0 Å². The molecule has 2 aromatic carbocycles. The van der Waals surface area contributed by atoms with Crippen molar-refractivity contribution in [2.45, 2.75) is 51.2 Å². The van der Waals surface area contributed by atoms with Crippen LogP contribution in [0.2, 0.25) is 0 Å². The van der Waals surface area contributed by atoms with Crippen molar-refractivity contribution in [3.05, 3.63) is 58.6 Å². The molecule has 2 amide bonds. The molecule has 8 nitrogen and oxygen atoms in total. The number of hydrogen-bond donors (Lipinski definition) is 1. The number of carbonyl (C=O) groups excluding carboxylic acids is 2. The summed E-state index contributed by atoms with van der Waals surface area (Å²) < 4.78 is 32.6. The Kier molecular flexibility index (Phi) is 9.18. The van der Waals surface area contributed by atoms with Gasteiger partial charge in [0.2, 0.25) is 21.8 Å². The fourth-order valence-electron chi connectivity index (χ4n) is 4.19. The first-order valence-corrected chi connectivity index (χ1v) is 14.2. The van der Waals surface area contributed by atoms with Crippen molar-refractivity contribution < 1.29 is 22.7 Å². The van der Waals surface area contributed by atoms with Crippen LogP contribution in [0.4, 0.5) is 5.69 Å². The van der Waals surface area contributed by atoms with Gasteiger partial charge in [-0.3, -0.25) is 13.9 Å². The third-order valence-electron chi connectivity index (χ3n) is 6.17. The molecule has 1 N–H and O–H groups in total. The van der Waals surface area contributed by atoms with Crippen molar-refractivity contribution in [2.75, 3.05) is 24.2 Å². The molecule has 1 aliphatic carbocycles. The van der Waals surface area contributed by atoms with E-state index in [1.165, 1.54) is 12.0 Å². The summed E-state index contributed by atoms with van der Waals surface area (Å²) in [4.78, 5) is 28.1. The van der Waals surface area contributed by atoms with Crippen LogP contribution < -0.4 is 14.4 Å². The Morgan fingerprint density at radius 2 is 1.74 bits per heavy atom. The second kappa shape index (κ2) is 11.9. The maximum atomic E-state index is 13.6. The van der Waals surface area contributed by atoms with E-state index >= 15 is 0 Å². The molecule has 2 aromatic rings. The van der Waals surface area contributed by atoms with Gasteiger partial charge in [0.25, 0.3) is 0 Å². The number of ether oxygens (including phenoxy) is 1. The molecule has 1 aliphatic rings. The summed E-state index contributed by atoms with van der Waals surface area (Å²) in [5.74, 6) is -0.402. The summed E-state index contributed by atoms with van der Waals surface area (Å²) in [7, 11) is -2.38. The van der Waals surface area contributed by atoms with E-state index in [0.717, 1.165) is 46.3 Å². The largest absolute Gasteiger partial charge is 0.495 e. The van der Waals surface area contributed by atoms with Crippen LogP contribution in [0.3, 0.4) is 0 Å². The lowest BCUT2D eigenvalue weighted by atomic mass is 10.1. The number of halogens is 1. The van der Waals surface area contributed by atoms with Crippen LogP contribution >= 0.6 is 15.9 Å². The Bertz CT molecular complexity index is 1130. The Balaban J connectivity index is 1.89. The van der Waals surface area contributed by atoms with Gasteiger partial charge in [0.05, 0.1) is 19.1 Å². The minimum absolute atomic E-state index is 0.107. The quantitative estimate of drug-likeness (QED) is 0.473. The van der Waals surface area contributed by atoms with E-state index in [4.69, 9.17) is 4.74 Å². The van der Waals surface area contributed by atoms with E-state index in [-0.39, 0.29) is 24.2 Å². The normalized spacial score (nSPS) is 14.9. The smallest absolute Gasteiger partial charge is 0.244 e. The maximum Gasteiger partial charge on any atom is 0.244 e. The molecule has 10 heteroatoms. The molecule has 0 radical (unpaired) electrons. The van der Waals surface area contributed by atoms with Gasteiger partial charge >= 0.3 is 0 Å². The number of amides is 2. The highest BCUT2D eigenvalue weighted by Gasteiger charge is 2.32. The average Bonchev–Trinajstić information content (AvgIpc) is 3.34. The predicted octanol–water partition coefficient (Wildman–Crippen LogP) is 3.70. The third-order valence-corrected chi connectivity index (χ3v) is 7.82. The predicted molar refractivity (Wildman–Crippen MR) is 140 cm³/mol. The van der Waals surface area contributed by atoms with Crippen LogP contribution in [0.15, 0.2) is 53.0 Å². The fourth-order valence-corrected chi connectivity index (χ4v) is 5.31. The molecule has 0 spiro atoms. The Morgan fingerprint density at radius 3 is 2.34 bits per heavy atom. The van der Waals surface area contributed by atoms with E-state index in [1.54, 1.807) is 31.2 Å². The van der Waals surface area contributed by atoms with Crippen LogP contribution in [-0.4, -0.2) is 57.1 Å². The van der Waals surface area contributed by atoms with Crippen LogP contribution in [-0.2, 0) is 26.2 Å². The number of benzene rings is 2. The molecule has 0 aliphatic heterocycles. The molecule has 0 saturated heterocycles. The average molecular weight is 567 g/mol. The van der Waals surface area contributed by atoms with Crippen molar-refractivity contribution in [3.8, 4) is 5.75 Å². The van der Waals surface area contributed by atoms with Crippen LogP contribution in [0.1, 0.15) is 38.2 Å². The molecule has 190 valence electrons. The number of nitrogens with one attached hydrogen (secondary N) is 1. The summed E-state index contributed by atoms with van der Waals surface area (Å²) in [6.45, 7) is 1.38. The zero-order valence-corrected chi connectivity index (χ0v) is 22.6. The van der Waals surface area contributed by atoms with Crippen molar-refractivity contribution >= 4 is 43.5 Å². The van der Waals surface area contributed by atoms with Gasteiger partial charge in [0, 0.05) is 17.1 Å². The lowest BCUT2D eigenvalue weighted by molar-refractivity contribution is -0.139. The summed E-state index contributed by atoms with van der Waals surface area (Å²) in [6.07, 6.45) is 5.04. The van der Waals surface area contributed by atoms with E-state index in [1.807, 2.05) is 24.3 Å². The topological polar surface area (TPSA) is 96.0 Å². The number of carbonyl (C=O) groups is 2. The van der Waals surface area contributed by atoms with Crippen LogP contribution in [0.5, 0.6) is 5.75 Å². The lowest BCUT2D eigenvalue weighted by Crippen LogP contribution is -2.52. The van der Waals surface area contributed by atoms with Gasteiger partial charge < -0.3 is 15.0 Å². The SMILES string of the molecule is COc1ccccc1N(CC(=O)N(Cc1ccc(Br)cc1)C(C)C(=O)NC1CCCC1)S(C)(=O)=O. The van der Waals surface area contributed by atoms with Gasteiger partial charge in [-0.1, -0.05) is 53.0 Å². The Hall–Kier alpha value is -2.59.